The Morgan fingerprint density at radius 1 is 0.559 bits per heavy atom. The zero-order chi connectivity index (χ0) is 43.0. The largest absolute Gasteiger partial charge is 0.394 e. The first kappa shape index (κ1) is 55.7. The van der Waals surface area contributed by atoms with Crippen LogP contribution in [0.4, 0.5) is 0 Å². The Bertz CT molecular complexity index is 977. The molecule has 2 unspecified atom stereocenters. The molecule has 6 N–H and O–H groups in total. The number of hydrogen-bond acceptors (Lipinski definition) is 8. The Morgan fingerprint density at radius 3 is 1.37 bits per heavy atom. The zero-order valence-corrected chi connectivity index (χ0v) is 38.3. The molecule has 0 aromatic rings. The van der Waals surface area contributed by atoms with Crippen molar-refractivity contribution < 1.29 is 39.8 Å². The van der Waals surface area contributed by atoms with Gasteiger partial charge in [-0.2, -0.15) is 0 Å². The van der Waals surface area contributed by atoms with E-state index in [1.54, 1.807) is 6.08 Å². The summed E-state index contributed by atoms with van der Waals surface area (Å²) in [5, 5.41) is 54.3. The van der Waals surface area contributed by atoms with Crippen LogP contribution in [0.25, 0.3) is 0 Å². The molecule has 1 aliphatic rings. The van der Waals surface area contributed by atoms with Crippen molar-refractivity contribution >= 4 is 5.91 Å². The number of carbonyl (C=O) groups is 1. The van der Waals surface area contributed by atoms with Crippen molar-refractivity contribution in [1.82, 2.24) is 5.32 Å². The van der Waals surface area contributed by atoms with Crippen molar-refractivity contribution in [3.8, 4) is 0 Å². The Kier molecular flexibility index (Phi) is 38.4. The van der Waals surface area contributed by atoms with Gasteiger partial charge in [0.2, 0.25) is 5.91 Å². The quantitative estimate of drug-likeness (QED) is 0.0263. The third-order valence-corrected chi connectivity index (χ3v) is 12.0. The Labute approximate surface area is 362 Å². The summed E-state index contributed by atoms with van der Waals surface area (Å²) < 4.78 is 11.2. The normalized spacial score (nSPS) is 20.8. The van der Waals surface area contributed by atoms with E-state index in [1.807, 2.05) is 6.08 Å². The molecule has 9 nitrogen and oxygen atoms in total. The molecule has 0 aromatic heterocycles. The molecule has 1 rings (SSSR count). The Balaban J connectivity index is 2.29. The number of aliphatic hydroxyl groups excluding tert-OH is 5. The molecule has 1 amide bonds. The van der Waals surface area contributed by atoms with Gasteiger partial charge in [-0.05, 0) is 44.9 Å². The lowest BCUT2D eigenvalue weighted by Gasteiger charge is -2.40. The van der Waals surface area contributed by atoms with Gasteiger partial charge in [0.15, 0.2) is 6.29 Å². The van der Waals surface area contributed by atoms with Crippen LogP contribution in [0.1, 0.15) is 232 Å². The molecule has 9 heteroatoms. The molecule has 0 saturated carbocycles. The number of rotatable bonds is 42. The van der Waals surface area contributed by atoms with Gasteiger partial charge in [-0.15, -0.1) is 0 Å². The highest BCUT2D eigenvalue weighted by atomic mass is 16.7. The number of hydrogen-bond donors (Lipinski definition) is 6. The lowest BCUT2D eigenvalue weighted by atomic mass is 9.99. The van der Waals surface area contributed by atoms with Crippen LogP contribution in [0.5, 0.6) is 0 Å². The summed E-state index contributed by atoms with van der Waals surface area (Å²) in [5.41, 5.74) is 0. The van der Waals surface area contributed by atoms with Crippen molar-refractivity contribution in [1.29, 1.82) is 0 Å². The van der Waals surface area contributed by atoms with Crippen LogP contribution in [-0.2, 0) is 14.3 Å². The molecule has 7 atom stereocenters. The zero-order valence-electron chi connectivity index (χ0n) is 38.3. The fraction of sp³-hybridized carbons (Fsp3) is 0.900. The van der Waals surface area contributed by atoms with Crippen LogP contribution in [0.3, 0.4) is 0 Å². The SMILES string of the molecule is CCCCCCCC/C=C/CCCCCCCCCCCCCC(=O)N[C@@H](CO[C@H]1O[C@@H](CO)[C@H](O)C(O)C1O)[C@H](O)/C=C/CCCCCCCCCCCCCCC. The maximum absolute atomic E-state index is 13.0. The minimum atomic E-state index is -1.56. The first-order valence-corrected chi connectivity index (χ1v) is 25.1. The predicted octanol–water partition coefficient (Wildman–Crippen LogP) is 11.1. The summed E-state index contributed by atoms with van der Waals surface area (Å²) in [7, 11) is 0. The minimum absolute atomic E-state index is 0.176. The molecule has 0 aliphatic carbocycles. The molecule has 1 fully saturated rings. The second kappa shape index (κ2) is 40.7. The van der Waals surface area contributed by atoms with Crippen molar-refractivity contribution in [2.45, 2.75) is 275 Å². The molecule has 1 heterocycles. The lowest BCUT2D eigenvalue weighted by Crippen LogP contribution is -2.60. The van der Waals surface area contributed by atoms with Crippen LogP contribution in [0, 0.1) is 0 Å². The van der Waals surface area contributed by atoms with E-state index < -0.39 is 49.5 Å². The van der Waals surface area contributed by atoms with Gasteiger partial charge in [-0.1, -0.05) is 205 Å². The molecule has 0 aromatic carbocycles. The van der Waals surface area contributed by atoms with Crippen LogP contribution in [-0.4, -0.2) is 87.5 Å². The first-order valence-electron chi connectivity index (χ1n) is 25.1. The third kappa shape index (κ3) is 31.2. The van der Waals surface area contributed by atoms with Gasteiger partial charge in [0.05, 0.1) is 25.4 Å². The van der Waals surface area contributed by atoms with Crippen molar-refractivity contribution in [2.75, 3.05) is 13.2 Å². The summed E-state index contributed by atoms with van der Waals surface area (Å²) in [4.78, 5) is 13.0. The predicted molar refractivity (Wildman–Crippen MR) is 244 cm³/mol. The molecule has 1 saturated heterocycles. The number of ether oxygens (including phenoxy) is 2. The molecule has 0 radical (unpaired) electrons. The average Bonchev–Trinajstić information content (AvgIpc) is 3.23. The van der Waals surface area contributed by atoms with E-state index in [4.69, 9.17) is 9.47 Å². The van der Waals surface area contributed by atoms with Gasteiger partial charge in [-0.25, -0.2) is 0 Å². The van der Waals surface area contributed by atoms with E-state index in [0.717, 1.165) is 38.5 Å². The summed E-state index contributed by atoms with van der Waals surface area (Å²) in [5.74, 6) is -0.176. The summed E-state index contributed by atoms with van der Waals surface area (Å²) in [6, 6.07) is -0.802. The maximum Gasteiger partial charge on any atom is 0.220 e. The van der Waals surface area contributed by atoms with Gasteiger partial charge in [0, 0.05) is 6.42 Å². The summed E-state index contributed by atoms with van der Waals surface area (Å²) in [6.45, 7) is 3.78. The molecule has 0 spiro atoms. The highest BCUT2D eigenvalue weighted by Crippen LogP contribution is 2.23. The molecule has 59 heavy (non-hydrogen) atoms. The highest BCUT2D eigenvalue weighted by molar-refractivity contribution is 5.76. The highest BCUT2D eigenvalue weighted by Gasteiger charge is 2.44. The van der Waals surface area contributed by atoms with Gasteiger partial charge in [-0.3, -0.25) is 4.79 Å². The van der Waals surface area contributed by atoms with Crippen LogP contribution >= 0.6 is 0 Å². The van der Waals surface area contributed by atoms with Crippen molar-refractivity contribution in [3.05, 3.63) is 24.3 Å². The fourth-order valence-electron chi connectivity index (χ4n) is 7.97. The second-order valence-corrected chi connectivity index (χ2v) is 17.6. The van der Waals surface area contributed by atoms with E-state index in [2.05, 4.69) is 31.3 Å². The number of amides is 1. The standard InChI is InChI=1S/C50H95NO8/c1-3-5-7-9-11-13-15-17-19-20-21-22-23-24-26-28-30-32-34-36-38-40-46(54)51-43(42-58-50-49(57)48(56)47(55)45(41-52)59-50)44(53)39-37-35-33-31-29-27-25-18-16-14-12-10-8-6-4-2/h17,19,37,39,43-45,47-50,52-53,55-57H,3-16,18,20-36,38,40-42H2,1-2H3,(H,51,54)/b19-17+,39-37+/t43-,44+,45-,47-,48?,49?,50-/m0/s1. The van der Waals surface area contributed by atoms with E-state index in [0.29, 0.717) is 6.42 Å². The monoisotopic (exact) mass is 838 g/mol. The van der Waals surface area contributed by atoms with E-state index >= 15 is 0 Å². The van der Waals surface area contributed by atoms with Crippen molar-refractivity contribution in [3.63, 3.8) is 0 Å². The van der Waals surface area contributed by atoms with E-state index in [1.165, 1.54) is 173 Å². The van der Waals surface area contributed by atoms with Gasteiger partial charge < -0.3 is 40.3 Å². The fourth-order valence-corrected chi connectivity index (χ4v) is 7.97. The van der Waals surface area contributed by atoms with E-state index in [-0.39, 0.29) is 12.5 Å². The number of allylic oxidation sites excluding steroid dienone is 3. The molecule has 348 valence electrons. The van der Waals surface area contributed by atoms with Crippen LogP contribution in [0.2, 0.25) is 0 Å². The number of unbranched alkanes of at least 4 members (excludes halogenated alkanes) is 30. The Morgan fingerprint density at radius 2 is 0.949 bits per heavy atom. The Hall–Kier alpha value is -1.33. The number of nitrogens with one attached hydrogen (secondary N) is 1. The smallest absolute Gasteiger partial charge is 0.220 e. The van der Waals surface area contributed by atoms with Gasteiger partial charge in [0.1, 0.15) is 24.4 Å². The number of aliphatic hydroxyl groups is 5. The lowest BCUT2D eigenvalue weighted by molar-refractivity contribution is -0.302. The number of carbonyl (C=O) groups excluding carboxylic acids is 1. The minimum Gasteiger partial charge on any atom is -0.394 e. The summed E-state index contributed by atoms with van der Waals surface area (Å²) >= 11 is 0. The first-order chi connectivity index (χ1) is 28.8. The molecule has 1 aliphatic heterocycles. The second-order valence-electron chi connectivity index (χ2n) is 17.6. The van der Waals surface area contributed by atoms with Gasteiger partial charge >= 0.3 is 0 Å². The van der Waals surface area contributed by atoms with Crippen LogP contribution in [0.15, 0.2) is 24.3 Å². The van der Waals surface area contributed by atoms with Gasteiger partial charge in [0.25, 0.3) is 0 Å². The molecular formula is C50H95NO8. The molecular weight excluding hydrogens is 743 g/mol. The topological polar surface area (TPSA) is 149 Å². The van der Waals surface area contributed by atoms with Crippen LogP contribution < -0.4 is 5.32 Å². The molecule has 0 bridgehead atoms. The summed E-state index contributed by atoms with van der Waals surface area (Å²) in [6.07, 6.45) is 42.2. The third-order valence-electron chi connectivity index (χ3n) is 12.0. The van der Waals surface area contributed by atoms with E-state index in [9.17, 15) is 30.3 Å². The average molecular weight is 838 g/mol. The van der Waals surface area contributed by atoms with Crippen molar-refractivity contribution in [2.24, 2.45) is 0 Å². The maximum atomic E-state index is 13.0.